The highest BCUT2D eigenvalue weighted by Gasteiger charge is 2.43. The number of ether oxygens (including phenoxy) is 1. The fourth-order valence-electron chi connectivity index (χ4n) is 3.05. The van der Waals surface area contributed by atoms with Gasteiger partial charge in [0.25, 0.3) is 11.8 Å². The summed E-state index contributed by atoms with van der Waals surface area (Å²) in [5.41, 5.74) is 1.05. The van der Waals surface area contributed by atoms with Crippen LogP contribution in [-0.2, 0) is 26.3 Å². The Morgan fingerprint density at radius 2 is 1.83 bits per heavy atom. The monoisotopic (exact) mass is 409 g/mol. The van der Waals surface area contributed by atoms with E-state index in [-0.39, 0.29) is 5.56 Å². The van der Waals surface area contributed by atoms with Crippen LogP contribution in [-0.4, -0.2) is 29.9 Å². The van der Waals surface area contributed by atoms with E-state index in [4.69, 9.17) is 4.74 Å². The number of anilines is 1. The van der Waals surface area contributed by atoms with Crippen LogP contribution >= 0.6 is 0 Å². The lowest BCUT2D eigenvalue weighted by Crippen LogP contribution is -2.40. The van der Waals surface area contributed by atoms with Crippen molar-refractivity contribution in [1.29, 1.82) is 0 Å². The lowest BCUT2D eigenvalue weighted by Gasteiger charge is -2.21. The van der Waals surface area contributed by atoms with Crippen molar-refractivity contribution in [2.45, 2.75) is 38.8 Å². The van der Waals surface area contributed by atoms with Crippen molar-refractivity contribution in [3.05, 3.63) is 65.2 Å². The standard InChI is InChI=1S/C22H23N3O5/c1-4-14-8-10-17(11-9-14)23-18(26)13(2)30-19(27)15-6-5-7-16(12-15)22(3)20(28)24-21(29)25-22/h5-13H,4H2,1-3H3,(H,23,26)(H2,24,25,28,29)/t13-,22+/m0/s1. The number of urea groups is 1. The Labute approximate surface area is 174 Å². The highest BCUT2D eigenvalue weighted by atomic mass is 16.5. The normalized spacial score (nSPS) is 18.9. The van der Waals surface area contributed by atoms with Crippen molar-refractivity contribution >= 4 is 29.5 Å². The number of hydrogen-bond acceptors (Lipinski definition) is 5. The van der Waals surface area contributed by atoms with Gasteiger partial charge in [0.15, 0.2) is 6.10 Å². The number of imide groups is 1. The van der Waals surface area contributed by atoms with E-state index in [9.17, 15) is 19.2 Å². The van der Waals surface area contributed by atoms with Gasteiger partial charge in [-0.1, -0.05) is 31.2 Å². The molecular formula is C22H23N3O5. The minimum atomic E-state index is -1.29. The van der Waals surface area contributed by atoms with E-state index in [1.807, 2.05) is 19.1 Å². The summed E-state index contributed by atoms with van der Waals surface area (Å²) in [7, 11) is 0. The Morgan fingerprint density at radius 3 is 2.43 bits per heavy atom. The molecule has 0 radical (unpaired) electrons. The van der Waals surface area contributed by atoms with Gasteiger partial charge in [0, 0.05) is 5.69 Å². The van der Waals surface area contributed by atoms with Crippen LogP contribution in [0.25, 0.3) is 0 Å². The smallest absolute Gasteiger partial charge is 0.338 e. The predicted octanol–water partition coefficient (Wildman–Crippen LogP) is 2.49. The molecule has 0 bridgehead atoms. The summed E-state index contributed by atoms with van der Waals surface area (Å²) in [5.74, 6) is -1.69. The highest BCUT2D eigenvalue weighted by molar-refractivity contribution is 6.07. The fourth-order valence-corrected chi connectivity index (χ4v) is 3.05. The molecule has 2 aromatic carbocycles. The number of esters is 1. The van der Waals surface area contributed by atoms with E-state index in [0.717, 1.165) is 12.0 Å². The largest absolute Gasteiger partial charge is 0.449 e. The average molecular weight is 409 g/mol. The third kappa shape index (κ3) is 4.32. The van der Waals surface area contributed by atoms with Gasteiger partial charge in [0.1, 0.15) is 5.54 Å². The molecule has 2 atom stereocenters. The molecule has 0 spiro atoms. The second kappa shape index (κ2) is 8.36. The number of amides is 4. The highest BCUT2D eigenvalue weighted by Crippen LogP contribution is 2.25. The minimum absolute atomic E-state index is 0.162. The molecule has 8 heteroatoms. The average Bonchev–Trinajstić information content (AvgIpc) is 3.01. The summed E-state index contributed by atoms with van der Waals surface area (Å²) in [6.07, 6.45) is -0.136. The van der Waals surface area contributed by atoms with E-state index in [1.54, 1.807) is 24.3 Å². The molecule has 1 fully saturated rings. The fraction of sp³-hybridized carbons (Fsp3) is 0.273. The first-order valence-electron chi connectivity index (χ1n) is 9.58. The molecule has 8 nitrogen and oxygen atoms in total. The van der Waals surface area contributed by atoms with Crippen molar-refractivity contribution in [3.63, 3.8) is 0 Å². The molecule has 4 amide bonds. The molecule has 1 saturated heterocycles. The lowest BCUT2D eigenvalue weighted by atomic mass is 9.91. The second-order valence-electron chi connectivity index (χ2n) is 7.20. The van der Waals surface area contributed by atoms with Gasteiger partial charge in [-0.2, -0.15) is 0 Å². The van der Waals surface area contributed by atoms with Gasteiger partial charge in [-0.05, 0) is 55.7 Å². The minimum Gasteiger partial charge on any atom is -0.449 e. The summed E-state index contributed by atoms with van der Waals surface area (Å²) >= 11 is 0. The van der Waals surface area contributed by atoms with Crippen LogP contribution in [0.3, 0.4) is 0 Å². The van der Waals surface area contributed by atoms with Crippen molar-refractivity contribution in [3.8, 4) is 0 Å². The molecule has 2 aromatic rings. The Morgan fingerprint density at radius 1 is 1.13 bits per heavy atom. The van der Waals surface area contributed by atoms with Gasteiger partial charge in [-0.3, -0.25) is 14.9 Å². The maximum absolute atomic E-state index is 12.5. The molecule has 0 aromatic heterocycles. The first-order valence-corrected chi connectivity index (χ1v) is 9.58. The maximum Gasteiger partial charge on any atom is 0.338 e. The van der Waals surface area contributed by atoms with Crippen LogP contribution in [0.4, 0.5) is 10.5 Å². The van der Waals surface area contributed by atoms with Crippen molar-refractivity contribution in [1.82, 2.24) is 10.6 Å². The van der Waals surface area contributed by atoms with Gasteiger partial charge < -0.3 is 15.4 Å². The summed E-state index contributed by atoms with van der Waals surface area (Å²) < 4.78 is 5.27. The number of rotatable bonds is 6. The SMILES string of the molecule is CCc1ccc(NC(=O)[C@H](C)OC(=O)c2cccc([C@@]3(C)NC(=O)NC3=O)c2)cc1. The molecule has 1 heterocycles. The zero-order valence-corrected chi connectivity index (χ0v) is 16.9. The van der Waals surface area contributed by atoms with E-state index in [2.05, 4.69) is 16.0 Å². The predicted molar refractivity (Wildman–Crippen MR) is 110 cm³/mol. The quantitative estimate of drug-likeness (QED) is 0.501. The third-order valence-electron chi connectivity index (χ3n) is 5.00. The molecule has 1 aliphatic rings. The van der Waals surface area contributed by atoms with Crippen LogP contribution in [0.1, 0.15) is 42.3 Å². The van der Waals surface area contributed by atoms with Crippen LogP contribution in [0, 0.1) is 0 Å². The van der Waals surface area contributed by atoms with Gasteiger partial charge in [0.2, 0.25) is 0 Å². The van der Waals surface area contributed by atoms with Crippen molar-refractivity contribution < 1.29 is 23.9 Å². The first-order chi connectivity index (χ1) is 14.2. The van der Waals surface area contributed by atoms with E-state index >= 15 is 0 Å². The van der Waals surface area contributed by atoms with Crippen LogP contribution < -0.4 is 16.0 Å². The van der Waals surface area contributed by atoms with Crippen LogP contribution in [0.5, 0.6) is 0 Å². The number of nitrogens with one attached hydrogen (secondary N) is 3. The Bertz CT molecular complexity index is 1000. The van der Waals surface area contributed by atoms with Gasteiger partial charge in [0.05, 0.1) is 5.56 Å². The van der Waals surface area contributed by atoms with Gasteiger partial charge in [-0.15, -0.1) is 0 Å². The number of carbonyl (C=O) groups excluding carboxylic acids is 4. The van der Waals surface area contributed by atoms with Crippen molar-refractivity contribution in [2.75, 3.05) is 5.32 Å². The van der Waals surface area contributed by atoms with Crippen LogP contribution in [0.2, 0.25) is 0 Å². The molecular weight excluding hydrogens is 386 g/mol. The summed E-state index contributed by atoms with van der Waals surface area (Å²) in [6, 6.07) is 13.0. The van der Waals surface area contributed by atoms with Crippen molar-refractivity contribution in [2.24, 2.45) is 0 Å². The molecule has 156 valence electrons. The molecule has 3 rings (SSSR count). The molecule has 1 aliphatic heterocycles. The molecule has 0 unspecified atom stereocenters. The molecule has 30 heavy (non-hydrogen) atoms. The lowest BCUT2D eigenvalue weighted by molar-refractivity contribution is -0.124. The summed E-state index contributed by atoms with van der Waals surface area (Å²) in [6.45, 7) is 5.05. The zero-order valence-electron chi connectivity index (χ0n) is 16.9. The number of benzene rings is 2. The Kier molecular flexibility index (Phi) is 5.86. The Balaban J connectivity index is 1.67. The van der Waals surface area contributed by atoms with Gasteiger partial charge in [-0.25, -0.2) is 9.59 Å². The molecule has 3 N–H and O–H groups in total. The summed E-state index contributed by atoms with van der Waals surface area (Å²) in [5, 5.41) is 7.42. The molecule has 0 saturated carbocycles. The van der Waals surface area contributed by atoms with E-state index < -0.39 is 35.5 Å². The maximum atomic E-state index is 12.5. The Hall–Kier alpha value is -3.68. The second-order valence-corrected chi connectivity index (χ2v) is 7.20. The molecule has 0 aliphatic carbocycles. The summed E-state index contributed by atoms with van der Waals surface area (Å²) in [4.78, 5) is 48.5. The van der Waals surface area contributed by atoms with E-state index in [0.29, 0.717) is 11.3 Å². The number of aryl methyl sites for hydroxylation is 1. The van der Waals surface area contributed by atoms with Gasteiger partial charge >= 0.3 is 12.0 Å². The number of carbonyl (C=O) groups is 4. The van der Waals surface area contributed by atoms with Crippen LogP contribution in [0.15, 0.2) is 48.5 Å². The number of hydrogen-bond donors (Lipinski definition) is 3. The van der Waals surface area contributed by atoms with E-state index in [1.165, 1.54) is 26.0 Å². The third-order valence-corrected chi connectivity index (χ3v) is 5.00. The first kappa shape index (κ1) is 21.0. The topological polar surface area (TPSA) is 114 Å². The zero-order chi connectivity index (χ0) is 21.9.